The summed E-state index contributed by atoms with van der Waals surface area (Å²) in [6, 6.07) is 13.7. The van der Waals surface area contributed by atoms with Gasteiger partial charge in [-0.2, -0.15) is 0 Å². The van der Waals surface area contributed by atoms with Crippen LogP contribution in [-0.4, -0.2) is 62.7 Å². The minimum absolute atomic E-state index is 0.132. The Morgan fingerprint density at radius 1 is 1.00 bits per heavy atom. The molecule has 4 rings (SSSR count). The van der Waals surface area contributed by atoms with E-state index in [9.17, 15) is 13.2 Å². The first-order valence-corrected chi connectivity index (χ1v) is 12.4. The number of carbonyl (C=O) groups is 1. The van der Waals surface area contributed by atoms with Crippen molar-refractivity contribution in [1.29, 1.82) is 0 Å². The minimum Gasteiger partial charge on any atom is -0.493 e. The van der Waals surface area contributed by atoms with Crippen molar-refractivity contribution in [3.8, 4) is 5.75 Å². The second kappa shape index (κ2) is 8.75. The first kappa shape index (κ1) is 22.6. The molecule has 0 aromatic heterocycles. The molecule has 1 saturated heterocycles. The molecule has 0 bridgehead atoms. The molecule has 0 aliphatic carbocycles. The molecule has 2 aromatic carbocycles. The fraction of sp³-hybridized carbons (Fsp3) is 0.458. The SMILES string of the molecule is CC(C)(C)OC(=O)N1CCN(C2CCOc3cc(S(=O)(=O)c4ccccc4)ccc32)CC1. The van der Waals surface area contributed by atoms with Gasteiger partial charge in [0.25, 0.3) is 0 Å². The maximum atomic E-state index is 13.0. The lowest BCUT2D eigenvalue weighted by atomic mass is 9.98. The zero-order valence-corrected chi connectivity index (χ0v) is 19.6. The number of amides is 1. The number of sulfone groups is 1. The fourth-order valence-electron chi connectivity index (χ4n) is 4.18. The molecular weight excluding hydrogens is 428 g/mol. The van der Waals surface area contributed by atoms with Crippen molar-refractivity contribution in [2.75, 3.05) is 32.8 Å². The average molecular weight is 459 g/mol. The second-order valence-electron chi connectivity index (χ2n) is 9.17. The highest BCUT2D eigenvalue weighted by molar-refractivity contribution is 7.91. The molecule has 2 aliphatic rings. The van der Waals surface area contributed by atoms with Gasteiger partial charge in [-0.1, -0.05) is 24.3 Å². The third-order valence-corrected chi connectivity index (χ3v) is 7.53. The lowest BCUT2D eigenvalue weighted by molar-refractivity contribution is 0.00777. The van der Waals surface area contributed by atoms with Crippen LogP contribution in [0.5, 0.6) is 5.75 Å². The van der Waals surface area contributed by atoms with Gasteiger partial charge in [0.05, 0.1) is 16.4 Å². The Bertz CT molecular complexity index is 1070. The molecule has 1 fully saturated rings. The Labute approximate surface area is 189 Å². The monoisotopic (exact) mass is 458 g/mol. The smallest absolute Gasteiger partial charge is 0.410 e. The summed E-state index contributed by atoms with van der Waals surface area (Å²) in [5.74, 6) is 0.618. The molecule has 0 saturated carbocycles. The van der Waals surface area contributed by atoms with Crippen LogP contribution in [0.15, 0.2) is 58.3 Å². The number of fused-ring (bicyclic) bond motifs is 1. The Kier molecular flexibility index (Phi) is 6.18. The number of hydrogen-bond acceptors (Lipinski definition) is 6. The zero-order chi connectivity index (χ0) is 22.9. The molecule has 1 amide bonds. The topological polar surface area (TPSA) is 76.2 Å². The minimum atomic E-state index is -3.60. The van der Waals surface area contributed by atoms with Crippen LogP contribution in [0.2, 0.25) is 0 Å². The van der Waals surface area contributed by atoms with Crippen LogP contribution in [0.3, 0.4) is 0 Å². The number of carbonyl (C=O) groups excluding carboxylic acids is 1. The fourth-order valence-corrected chi connectivity index (χ4v) is 5.47. The van der Waals surface area contributed by atoms with E-state index in [0.29, 0.717) is 25.4 Å². The van der Waals surface area contributed by atoms with Gasteiger partial charge in [-0.05, 0) is 45.0 Å². The molecule has 8 heteroatoms. The molecule has 32 heavy (non-hydrogen) atoms. The molecule has 172 valence electrons. The van der Waals surface area contributed by atoms with Gasteiger partial charge < -0.3 is 14.4 Å². The van der Waals surface area contributed by atoms with Crippen LogP contribution in [0, 0.1) is 0 Å². The van der Waals surface area contributed by atoms with Crippen molar-refractivity contribution in [3.63, 3.8) is 0 Å². The van der Waals surface area contributed by atoms with Crippen LogP contribution in [0.1, 0.15) is 38.8 Å². The van der Waals surface area contributed by atoms with Gasteiger partial charge in [0.1, 0.15) is 11.4 Å². The van der Waals surface area contributed by atoms with E-state index < -0.39 is 15.4 Å². The Morgan fingerprint density at radius 3 is 2.34 bits per heavy atom. The molecule has 2 aliphatic heterocycles. The van der Waals surface area contributed by atoms with E-state index in [-0.39, 0.29) is 21.9 Å². The zero-order valence-electron chi connectivity index (χ0n) is 18.8. The summed E-state index contributed by atoms with van der Waals surface area (Å²) >= 11 is 0. The molecule has 7 nitrogen and oxygen atoms in total. The second-order valence-corrected chi connectivity index (χ2v) is 11.1. The Morgan fingerprint density at radius 2 is 1.69 bits per heavy atom. The van der Waals surface area contributed by atoms with Crippen LogP contribution in [-0.2, 0) is 14.6 Å². The summed E-state index contributed by atoms with van der Waals surface area (Å²) in [5.41, 5.74) is 0.486. The van der Waals surface area contributed by atoms with E-state index in [1.54, 1.807) is 47.4 Å². The summed E-state index contributed by atoms with van der Waals surface area (Å²) in [5, 5.41) is 0. The summed E-state index contributed by atoms with van der Waals surface area (Å²) in [4.78, 5) is 16.9. The molecular formula is C24H30N2O5S. The van der Waals surface area contributed by atoms with Gasteiger partial charge in [-0.15, -0.1) is 0 Å². The standard InChI is InChI=1S/C24H30N2O5S/c1-24(2,3)31-23(27)26-14-12-25(13-15-26)21-11-16-30-22-17-19(9-10-20(21)22)32(28,29)18-7-5-4-6-8-18/h4-10,17,21H,11-16H2,1-3H3. The number of hydrogen-bond donors (Lipinski definition) is 0. The van der Waals surface area contributed by atoms with Crippen molar-refractivity contribution < 1.29 is 22.7 Å². The van der Waals surface area contributed by atoms with Crippen LogP contribution < -0.4 is 4.74 Å². The van der Waals surface area contributed by atoms with E-state index >= 15 is 0 Å². The number of rotatable bonds is 3. The molecule has 1 atom stereocenters. The van der Waals surface area contributed by atoms with Crippen LogP contribution in [0.4, 0.5) is 4.79 Å². The highest BCUT2D eigenvalue weighted by Crippen LogP contribution is 2.38. The predicted octanol–water partition coefficient (Wildman–Crippen LogP) is 3.90. The number of benzene rings is 2. The highest BCUT2D eigenvalue weighted by atomic mass is 32.2. The maximum absolute atomic E-state index is 13.0. The van der Waals surface area contributed by atoms with Crippen molar-refractivity contribution in [3.05, 3.63) is 54.1 Å². The van der Waals surface area contributed by atoms with Gasteiger partial charge in [0, 0.05) is 44.2 Å². The molecule has 2 aromatic rings. The van der Waals surface area contributed by atoms with Crippen molar-refractivity contribution in [2.45, 2.75) is 48.6 Å². The normalized spacial score (nSPS) is 19.7. The summed E-state index contributed by atoms with van der Waals surface area (Å²) in [7, 11) is -3.60. The third-order valence-electron chi connectivity index (χ3n) is 5.76. The van der Waals surface area contributed by atoms with Gasteiger partial charge in [-0.25, -0.2) is 13.2 Å². The van der Waals surface area contributed by atoms with Crippen molar-refractivity contribution in [1.82, 2.24) is 9.80 Å². The third kappa shape index (κ3) is 4.76. The van der Waals surface area contributed by atoms with Gasteiger partial charge >= 0.3 is 6.09 Å². The quantitative estimate of drug-likeness (QED) is 0.695. The van der Waals surface area contributed by atoms with E-state index in [1.165, 1.54) is 0 Å². The first-order valence-electron chi connectivity index (χ1n) is 10.9. The number of piperazine rings is 1. The molecule has 0 N–H and O–H groups in total. The Balaban J connectivity index is 1.49. The largest absolute Gasteiger partial charge is 0.493 e. The van der Waals surface area contributed by atoms with Crippen LogP contribution in [0.25, 0.3) is 0 Å². The van der Waals surface area contributed by atoms with E-state index in [2.05, 4.69) is 4.90 Å². The van der Waals surface area contributed by atoms with Crippen LogP contribution >= 0.6 is 0 Å². The lowest BCUT2D eigenvalue weighted by Crippen LogP contribution is -2.51. The van der Waals surface area contributed by atoms with Gasteiger partial charge in [0.2, 0.25) is 9.84 Å². The van der Waals surface area contributed by atoms with E-state index in [1.807, 2.05) is 26.8 Å². The first-order chi connectivity index (χ1) is 15.1. The molecule has 0 radical (unpaired) electrons. The number of nitrogens with zero attached hydrogens (tertiary/aromatic N) is 2. The maximum Gasteiger partial charge on any atom is 0.410 e. The molecule has 0 spiro atoms. The van der Waals surface area contributed by atoms with Crippen molar-refractivity contribution in [2.24, 2.45) is 0 Å². The summed E-state index contributed by atoms with van der Waals surface area (Å²) in [6.45, 7) is 8.79. The average Bonchev–Trinajstić information content (AvgIpc) is 2.78. The summed E-state index contributed by atoms with van der Waals surface area (Å²) in [6.07, 6.45) is 0.546. The van der Waals surface area contributed by atoms with Gasteiger partial charge in [0.15, 0.2) is 0 Å². The van der Waals surface area contributed by atoms with E-state index in [0.717, 1.165) is 25.1 Å². The molecule has 2 heterocycles. The van der Waals surface area contributed by atoms with Crippen molar-refractivity contribution >= 4 is 15.9 Å². The van der Waals surface area contributed by atoms with E-state index in [4.69, 9.17) is 9.47 Å². The predicted molar refractivity (Wildman–Crippen MR) is 121 cm³/mol. The number of ether oxygens (including phenoxy) is 2. The molecule has 1 unspecified atom stereocenters. The lowest BCUT2D eigenvalue weighted by Gasteiger charge is -2.41. The summed E-state index contributed by atoms with van der Waals surface area (Å²) < 4.78 is 37.3. The highest BCUT2D eigenvalue weighted by Gasteiger charge is 2.33. The van der Waals surface area contributed by atoms with Gasteiger partial charge in [-0.3, -0.25) is 4.90 Å². The Hall–Kier alpha value is -2.58.